The number of methoxy groups -OCH3 is 1. The van der Waals surface area contributed by atoms with Crippen LogP contribution >= 0.6 is 0 Å². The molecule has 1 amide bonds. The number of hydrogen-bond acceptors (Lipinski definition) is 6. The largest absolute Gasteiger partial charge is 0.497 e. The standard InChI is InChI=1S/C20H21N3O4/c1-14(15-7-9-21-10-8-15)23(2)20(24)19-12-18(27-22-19)13-26-17-6-4-5-16(11-17)25-3/h4-12,14H,13H2,1-3H3. The van der Waals surface area contributed by atoms with Crippen LogP contribution in [0, 0.1) is 0 Å². The summed E-state index contributed by atoms with van der Waals surface area (Å²) in [6.07, 6.45) is 3.41. The first-order chi connectivity index (χ1) is 13.1. The Balaban J connectivity index is 1.63. The Morgan fingerprint density at radius 2 is 1.93 bits per heavy atom. The van der Waals surface area contributed by atoms with E-state index in [0.29, 0.717) is 17.3 Å². The van der Waals surface area contributed by atoms with Crippen molar-refractivity contribution in [3.63, 3.8) is 0 Å². The summed E-state index contributed by atoms with van der Waals surface area (Å²) in [6, 6.07) is 12.5. The molecular formula is C20H21N3O4. The maximum Gasteiger partial charge on any atom is 0.276 e. The molecule has 140 valence electrons. The Hall–Kier alpha value is -3.35. The van der Waals surface area contributed by atoms with Gasteiger partial charge in [0.2, 0.25) is 0 Å². The number of nitrogens with zero attached hydrogens (tertiary/aromatic N) is 3. The SMILES string of the molecule is COc1cccc(OCc2cc(C(=O)N(C)C(C)c3ccncc3)no2)c1. The molecule has 1 unspecified atom stereocenters. The highest BCUT2D eigenvalue weighted by Crippen LogP contribution is 2.22. The summed E-state index contributed by atoms with van der Waals surface area (Å²) in [5.41, 5.74) is 1.23. The molecule has 3 rings (SSSR count). The van der Waals surface area contributed by atoms with Crippen LogP contribution in [0.25, 0.3) is 0 Å². The van der Waals surface area contributed by atoms with Crippen LogP contribution in [-0.2, 0) is 6.61 Å². The van der Waals surface area contributed by atoms with Gasteiger partial charge in [-0.15, -0.1) is 0 Å². The van der Waals surface area contributed by atoms with Crippen LogP contribution in [-0.4, -0.2) is 35.1 Å². The topological polar surface area (TPSA) is 77.7 Å². The zero-order valence-corrected chi connectivity index (χ0v) is 15.5. The quantitative estimate of drug-likeness (QED) is 0.636. The number of aromatic nitrogens is 2. The Morgan fingerprint density at radius 1 is 1.19 bits per heavy atom. The van der Waals surface area contributed by atoms with Crippen molar-refractivity contribution in [2.45, 2.75) is 19.6 Å². The molecule has 0 fully saturated rings. The van der Waals surface area contributed by atoms with E-state index in [4.69, 9.17) is 14.0 Å². The molecular weight excluding hydrogens is 346 g/mol. The van der Waals surface area contributed by atoms with E-state index in [1.807, 2.05) is 37.3 Å². The minimum atomic E-state index is -0.226. The zero-order valence-electron chi connectivity index (χ0n) is 15.5. The van der Waals surface area contributed by atoms with Gasteiger partial charge in [0, 0.05) is 31.6 Å². The lowest BCUT2D eigenvalue weighted by Crippen LogP contribution is -2.29. The predicted molar refractivity (Wildman–Crippen MR) is 98.6 cm³/mol. The van der Waals surface area contributed by atoms with Crippen molar-refractivity contribution in [1.29, 1.82) is 0 Å². The Kier molecular flexibility index (Phi) is 5.71. The summed E-state index contributed by atoms with van der Waals surface area (Å²) < 4.78 is 16.1. The van der Waals surface area contributed by atoms with E-state index in [2.05, 4.69) is 10.1 Å². The van der Waals surface area contributed by atoms with Crippen molar-refractivity contribution in [2.24, 2.45) is 0 Å². The lowest BCUT2D eigenvalue weighted by molar-refractivity contribution is 0.0731. The summed E-state index contributed by atoms with van der Waals surface area (Å²) in [5, 5.41) is 3.88. The molecule has 2 aromatic heterocycles. The van der Waals surface area contributed by atoms with Crippen LogP contribution in [0.15, 0.2) is 59.4 Å². The Bertz CT molecular complexity index is 895. The van der Waals surface area contributed by atoms with Crippen LogP contribution in [0.1, 0.15) is 34.8 Å². The van der Waals surface area contributed by atoms with Crippen LogP contribution in [0.4, 0.5) is 0 Å². The van der Waals surface area contributed by atoms with Gasteiger partial charge in [-0.25, -0.2) is 0 Å². The summed E-state index contributed by atoms with van der Waals surface area (Å²) >= 11 is 0. The molecule has 3 aromatic rings. The average Bonchev–Trinajstić information content (AvgIpc) is 3.20. The fourth-order valence-electron chi connectivity index (χ4n) is 2.55. The molecule has 0 bridgehead atoms. The number of pyridine rings is 1. The first-order valence-corrected chi connectivity index (χ1v) is 8.48. The van der Waals surface area contributed by atoms with E-state index in [1.165, 1.54) is 0 Å². The van der Waals surface area contributed by atoms with Crippen molar-refractivity contribution in [2.75, 3.05) is 14.2 Å². The van der Waals surface area contributed by atoms with Crippen LogP contribution in [0.5, 0.6) is 11.5 Å². The van der Waals surface area contributed by atoms with Crippen molar-refractivity contribution in [1.82, 2.24) is 15.0 Å². The zero-order chi connectivity index (χ0) is 19.2. The summed E-state index contributed by atoms with van der Waals surface area (Å²) in [5.74, 6) is 1.58. The lowest BCUT2D eigenvalue weighted by Gasteiger charge is -2.24. The number of amides is 1. The second-order valence-corrected chi connectivity index (χ2v) is 6.02. The lowest BCUT2D eigenvalue weighted by atomic mass is 10.1. The molecule has 0 N–H and O–H groups in total. The Morgan fingerprint density at radius 3 is 2.67 bits per heavy atom. The van der Waals surface area contributed by atoms with Crippen LogP contribution in [0.3, 0.4) is 0 Å². The van der Waals surface area contributed by atoms with Gasteiger partial charge in [-0.3, -0.25) is 9.78 Å². The van der Waals surface area contributed by atoms with Gasteiger partial charge in [0.15, 0.2) is 11.5 Å². The maximum absolute atomic E-state index is 12.7. The van der Waals surface area contributed by atoms with Gasteiger partial charge in [-0.2, -0.15) is 0 Å². The van der Waals surface area contributed by atoms with E-state index in [0.717, 1.165) is 5.56 Å². The van der Waals surface area contributed by atoms with E-state index in [9.17, 15) is 4.79 Å². The highest BCUT2D eigenvalue weighted by atomic mass is 16.5. The van der Waals surface area contributed by atoms with E-state index >= 15 is 0 Å². The Labute approximate surface area is 157 Å². The molecule has 0 radical (unpaired) electrons. The average molecular weight is 367 g/mol. The number of hydrogen-bond donors (Lipinski definition) is 0. The van der Waals surface area contributed by atoms with Crippen molar-refractivity contribution < 1.29 is 18.8 Å². The molecule has 0 aliphatic rings. The minimum absolute atomic E-state index is 0.117. The summed E-state index contributed by atoms with van der Waals surface area (Å²) in [4.78, 5) is 18.3. The molecule has 27 heavy (non-hydrogen) atoms. The highest BCUT2D eigenvalue weighted by molar-refractivity contribution is 5.92. The number of rotatable bonds is 7. The van der Waals surface area contributed by atoms with E-state index in [-0.39, 0.29) is 24.2 Å². The van der Waals surface area contributed by atoms with Gasteiger partial charge >= 0.3 is 0 Å². The third-order valence-corrected chi connectivity index (χ3v) is 4.29. The number of benzene rings is 1. The smallest absolute Gasteiger partial charge is 0.276 e. The molecule has 0 saturated heterocycles. The fraction of sp³-hybridized carbons (Fsp3) is 0.250. The first-order valence-electron chi connectivity index (χ1n) is 8.48. The summed E-state index contributed by atoms with van der Waals surface area (Å²) in [7, 11) is 3.32. The van der Waals surface area contributed by atoms with Gasteiger partial charge in [0.05, 0.1) is 13.2 Å². The molecule has 7 nitrogen and oxygen atoms in total. The van der Waals surface area contributed by atoms with Crippen LogP contribution in [0.2, 0.25) is 0 Å². The third kappa shape index (κ3) is 4.44. The number of ether oxygens (including phenoxy) is 2. The third-order valence-electron chi connectivity index (χ3n) is 4.29. The fourth-order valence-corrected chi connectivity index (χ4v) is 2.55. The van der Waals surface area contributed by atoms with Gasteiger partial charge < -0.3 is 18.9 Å². The molecule has 2 heterocycles. The molecule has 0 saturated carbocycles. The van der Waals surface area contributed by atoms with E-state index < -0.39 is 0 Å². The number of carbonyl (C=O) groups is 1. The number of carbonyl (C=O) groups excluding carboxylic acids is 1. The molecule has 1 aromatic carbocycles. The van der Waals surface area contributed by atoms with Crippen molar-refractivity contribution >= 4 is 5.91 Å². The molecule has 0 spiro atoms. The minimum Gasteiger partial charge on any atom is -0.497 e. The van der Waals surface area contributed by atoms with Gasteiger partial charge in [0.1, 0.15) is 18.1 Å². The normalized spacial score (nSPS) is 11.7. The van der Waals surface area contributed by atoms with Gasteiger partial charge in [-0.1, -0.05) is 11.2 Å². The molecule has 0 aliphatic carbocycles. The highest BCUT2D eigenvalue weighted by Gasteiger charge is 2.22. The first kappa shape index (κ1) is 18.4. The molecule has 1 atom stereocenters. The van der Waals surface area contributed by atoms with E-state index in [1.54, 1.807) is 43.6 Å². The van der Waals surface area contributed by atoms with Crippen molar-refractivity contribution in [3.05, 3.63) is 71.9 Å². The van der Waals surface area contributed by atoms with Gasteiger partial charge in [0.25, 0.3) is 5.91 Å². The molecule has 0 aliphatic heterocycles. The predicted octanol–water partition coefficient (Wildman–Crippen LogP) is 3.49. The van der Waals surface area contributed by atoms with Gasteiger partial charge in [-0.05, 0) is 36.8 Å². The monoisotopic (exact) mass is 367 g/mol. The van der Waals surface area contributed by atoms with Crippen LogP contribution < -0.4 is 9.47 Å². The van der Waals surface area contributed by atoms with Crippen molar-refractivity contribution in [3.8, 4) is 11.5 Å². The maximum atomic E-state index is 12.7. The summed E-state index contributed by atoms with van der Waals surface area (Å²) in [6.45, 7) is 2.11. The molecule has 7 heteroatoms. The second-order valence-electron chi connectivity index (χ2n) is 6.02. The second kappa shape index (κ2) is 8.35.